The molecule has 1 aromatic rings. The average Bonchev–Trinajstić information content (AvgIpc) is 2.72. The topological polar surface area (TPSA) is 79.3 Å². The smallest absolute Gasteiger partial charge is 0.311 e. The Hall–Kier alpha value is -1.62. The third kappa shape index (κ3) is 3.73. The SMILES string of the molecule is O=C(NCC1(C(=O)O)CCCCCC1)c1ccncc1Cl. The molecule has 2 N–H and O–H groups in total. The summed E-state index contributed by atoms with van der Waals surface area (Å²) in [6.07, 6.45) is 7.97. The van der Waals surface area contributed by atoms with Crippen LogP contribution in [-0.4, -0.2) is 28.5 Å². The van der Waals surface area contributed by atoms with Crippen LogP contribution in [0.25, 0.3) is 0 Å². The van der Waals surface area contributed by atoms with Gasteiger partial charge in [0.25, 0.3) is 5.91 Å². The highest BCUT2D eigenvalue weighted by molar-refractivity contribution is 6.33. The predicted molar refractivity (Wildman–Crippen MR) is 79.4 cm³/mol. The second-order valence-electron chi connectivity index (χ2n) is 5.54. The van der Waals surface area contributed by atoms with Gasteiger partial charge in [-0.2, -0.15) is 0 Å². The van der Waals surface area contributed by atoms with Gasteiger partial charge in [0.05, 0.1) is 16.0 Å². The highest BCUT2D eigenvalue weighted by Crippen LogP contribution is 2.35. The van der Waals surface area contributed by atoms with Gasteiger partial charge >= 0.3 is 5.97 Å². The number of carbonyl (C=O) groups is 2. The van der Waals surface area contributed by atoms with Crippen molar-refractivity contribution in [1.82, 2.24) is 10.3 Å². The fourth-order valence-corrected chi connectivity index (χ4v) is 2.98. The minimum absolute atomic E-state index is 0.139. The molecule has 0 bridgehead atoms. The van der Waals surface area contributed by atoms with Gasteiger partial charge in [0.1, 0.15) is 0 Å². The predicted octanol–water partition coefficient (Wildman–Crippen LogP) is 2.89. The van der Waals surface area contributed by atoms with Crippen LogP contribution in [0, 0.1) is 5.41 Å². The zero-order valence-electron chi connectivity index (χ0n) is 11.8. The average molecular weight is 311 g/mol. The fraction of sp³-hybridized carbons (Fsp3) is 0.533. The molecule has 0 radical (unpaired) electrons. The summed E-state index contributed by atoms with van der Waals surface area (Å²) in [7, 11) is 0. The van der Waals surface area contributed by atoms with Crippen molar-refractivity contribution >= 4 is 23.5 Å². The van der Waals surface area contributed by atoms with E-state index in [0.29, 0.717) is 18.4 Å². The number of carbonyl (C=O) groups excluding carboxylic acids is 1. The van der Waals surface area contributed by atoms with E-state index in [0.717, 1.165) is 25.7 Å². The number of nitrogens with one attached hydrogen (secondary N) is 1. The highest BCUT2D eigenvalue weighted by atomic mass is 35.5. The van der Waals surface area contributed by atoms with Crippen molar-refractivity contribution in [3.05, 3.63) is 29.0 Å². The van der Waals surface area contributed by atoms with Gasteiger partial charge in [0.2, 0.25) is 0 Å². The van der Waals surface area contributed by atoms with Gasteiger partial charge in [-0.1, -0.05) is 37.3 Å². The summed E-state index contributed by atoms with van der Waals surface area (Å²) in [5, 5.41) is 12.6. The molecule has 0 unspecified atom stereocenters. The number of pyridine rings is 1. The van der Waals surface area contributed by atoms with Crippen LogP contribution in [0.3, 0.4) is 0 Å². The molecule has 0 saturated heterocycles. The minimum Gasteiger partial charge on any atom is -0.481 e. The van der Waals surface area contributed by atoms with E-state index in [-0.39, 0.29) is 17.5 Å². The molecule has 1 aliphatic carbocycles. The maximum absolute atomic E-state index is 12.1. The first-order chi connectivity index (χ1) is 10.1. The van der Waals surface area contributed by atoms with Crippen LogP contribution in [0.15, 0.2) is 18.5 Å². The first-order valence-corrected chi connectivity index (χ1v) is 7.54. The summed E-state index contributed by atoms with van der Waals surface area (Å²) < 4.78 is 0. The van der Waals surface area contributed by atoms with E-state index in [2.05, 4.69) is 10.3 Å². The third-order valence-corrected chi connectivity index (χ3v) is 4.42. The van der Waals surface area contributed by atoms with Crippen molar-refractivity contribution in [1.29, 1.82) is 0 Å². The molecule has 1 fully saturated rings. The third-order valence-electron chi connectivity index (χ3n) is 4.12. The molecule has 1 aliphatic rings. The molecule has 114 valence electrons. The van der Waals surface area contributed by atoms with Gasteiger partial charge in [-0.05, 0) is 18.9 Å². The Balaban J connectivity index is 2.07. The Bertz CT molecular complexity index is 525. The number of halogens is 1. The lowest BCUT2D eigenvalue weighted by Crippen LogP contribution is -2.43. The minimum atomic E-state index is -0.855. The molecule has 1 amide bonds. The Labute approximate surface area is 128 Å². The zero-order valence-corrected chi connectivity index (χ0v) is 12.5. The number of hydrogen-bond donors (Lipinski definition) is 2. The first-order valence-electron chi connectivity index (χ1n) is 7.16. The molecule has 6 heteroatoms. The standard InChI is InChI=1S/C15H19ClN2O3/c16-12-9-17-8-5-11(12)13(19)18-10-15(14(20)21)6-3-1-2-4-7-15/h5,8-9H,1-4,6-7,10H2,(H,18,19)(H,20,21). The van der Waals surface area contributed by atoms with Crippen LogP contribution in [0.5, 0.6) is 0 Å². The van der Waals surface area contributed by atoms with Crippen molar-refractivity contribution in [2.24, 2.45) is 5.41 Å². The first kappa shape index (κ1) is 15.8. The number of hydrogen-bond acceptors (Lipinski definition) is 3. The highest BCUT2D eigenvalue weighted by Gasteiger charge is 2.39. The molecular weight excluding hydrogens is 292 g/mol. The Morgan fingerprint density at radius 2 is 1.95 bits per heavy atom. The lowest BCUT2D eigenvalue weighted by Gasteiger charge is -2.28. The van der Waals surface area contributed by atoms with Gasteiger partial charge in [0.15, 0.2) is 0 Å². The second kappa shape index (κ2) is 6.89. The summed E-state index contributed by atoms with van der Waals surface area (Å²) >= 11 is 5.92. The molecule has 1 saturated carbocycles. The van der Waals surface area contributed by atoms with Gasteiger partial charge < -0.3 is 10.4 Å². The summed E-state index contributed by atoms with van der Waals surface area (Å²) in [5.74, 6) is -1.18. The Kier molecular flexibility index (Phi) is 5.17. The van der Waals surface area contributed by atoms with Gasteiger partial charge in [0, 0.05) is 18.9 Å². The van der Waals surface area contributed by atoms with Gasteiger partial charge in [-0.15, -0.1) is 0 Å². The number of nitrogens with zero attached hydrogens (tertiary/aromatic N) is 1. The number of carboxylic acid groups (broad SMARTS) is 1. The lowest BCUT2D eigenvalue weighted by atomic mass is 9.80. The second-order valence-corrected chi connectivity index (χ2v) is 5.95. The summed E-state index contributed by atoms with van der Waals surface area (Å²) in [6.45, 7) is 0.139. The molecule has 0 atom stereocenters. The molecule has 1 heterocycles. The molecule has 0 aliphatic heterocycles. The quantitative estimate of drug-likeness (QED) is 0.838. The van der Waals surface area contributed by atoms with Crippen LogP contribution in [0.1, 0.15) is 48.9 Å². The van der Waals surface area contributed by atoms with Crippen molar-refractivity contribution in [2.75, 3.05) is 6.54 Å². The van der Waals surface area contributed by atoms with Crippen LogP contribution < -0.4 is 5.32 Å². The molecular formula is C15H19ClN2O3. The van der Waals surface area contributed by atoms with Crippen molar-refractivity contribution in [2.45, 2.75) is 38.5 Å². The molecule has 21 heavy (non-hydrogen) atoms. The Morgan fingerprint density at radius 1 is 1.29 bits per heavy atom. The molecule has 2 rings (SSSR count). The number of rotatable bonds is 4. The fourth-order valence-electron chi connectivity index (χ4n) is 2.78. The monoisotopic (exact) mass is 310 g/mol. The van der Waals surface area contributed by atoms with Crippen LogP contribution in [0.2, 0.25) is 5.02 Å². The van der Waals surface area contributed by atoms with Crippen molar-refractivity contribution in [3.63, 3.8) is 0 Å². The lowest BCUT2D eigenvalue weighted by molar-refractivity contribution is -0.149. The number of aliphatic carboxylic acids is 1. The van der Waals surface area contributed by atoms with Crippen LogP contribution >= 0.6 is 11.6 Å². The zero-order chi connectivity index (χ0) is 15.3. The van der Waals surface area contributed by atoms with Gasteiger partial charge in [-0.25, -0.2) is 0 Å². The normalized spacial score (nSPS) is 17.8. The van der Waals surface area contributed by atoms with Crippen LogP contribution in [0.4, 0.5) is 0 Å². The number of carboxylic acids is 1. The van der Waals surface area contributed by atoms with Crippen molar-refractivity contribution in [3.8, 4) is 0 Å². The molecule has 5 nitrogen and oxygen atoms in total. The maximum atomic E-state index is 12.1. The van der Waals surface area contributed by atoms with E-state index < -0.39 is 11.4 Å². The van der Waals surface area contributed by atoms with E-state index in [1.807, 2.05) is 0 Å². The summed E-state index contributed by atoms with van der Waals surface area (Å²) in [4.78, 5) is 27.6. The van der Waals surface area contributed by atoms with E-state index in [9.17, 15) is 14.7 Å². The van der Waals surface area contributed by atoms with E-state index >= 15 is 0 Å². The summed E-state index contributed by atoms with van der Waals surface area (Å²) in [6, 6.07) is 1.53. The van der Waals surface area contributed by atoms with E-state index in [1.165, 1.54) is 18.5 Å². The largest absolute Gasteiger partial charge is 0.481 e. The molecule has 0 spiro atoms. The maximum Gasteiger partial charge on any atom is 0.311 e. The molecule has 0 aromatic carbocycles. The van der Waals surface area contributed by atoms with Crippen LogP contribution in [-0.2, 0) is 4.79 Å². The van der Waals surface area contributed by atoms with Gasteiger partial charge in [-0.3, -0.25) is 14.6 Å². The molecule has 1 aromatic heterocycles. The van der Waals surface area contributed by atoms with Crippen molar-refractivity contribution < 1.29 is 14.7 Å². The number of amides is 1. The number of aromatic nitrogens is 1. The van der Waals surface area contributed by atoms with E-state index in [1.54, 1.807) is 0 Å². The van der Waals surface area contributed by atoms with E-state index in [4.69, 9.17) is 11.6 Å². The Morgan fingerprint density at radius 3 is 2.52 bits per heavy atom. The summed E-state index contributed by atoms with van der Waals surface area (Å²) in [5.41, 5.74) is -0.535.